The van der Waals surface area contributed by atoms with Crippen molar-refractivity contribution in [2.45, 2.75) is 25.6 Å². The normalized spacial score (nSPS) is 21.4. The van der Waals surface area contributed by atoms with Gasteiger partial charge < -0.3 is 5.21 Å². The van der Waals surface area contributed by atoms with Crippen molar-refractivity contribution < 1.29 is 19.5 Å². The average molecular weight is 301 g/mol. The number of hydroxylamine groups is 3. The fraction of sp³-hybridized carbons (Fsp3) is 0.235. The van der Waals surface area contributed by atoms with Crippen LogP contribution in [0.1, 0.15) is 31.1 Å². The highest BCUT2D eigenvalue weighted by Crippen LogP contribution is 2.36. The van der Waals surface area contributed by atoms with Crippen molar-refractivity contribution in [1.29, 1.82) is 0 Å². The van der Waals surface area contributed by atoms with E-state index < -0.39 is 11.7 Å². The molecule has 0 saturated heterocycles. The van der Waals surface area contributed by atoms with E-state index in [2.05, 4.69) is 0 Å². The zero-order valence-corrected chi connectivity index (χ0v) is 12.4. The van der Waals surface area contributed by atoms with Crippen molar-refractivity contribution in [1.82, 2.24) is 5.06 Å². The first-order chi connectivity index (χ1) is 10.4. The van der Waals surface area contributed by atoms with Crippen molar-refractivity contribution >= 4 is 5.71 Å². The standard InChI is InChI=1S/C17H18FN2O2/c1-17(2)15(12-6-4-3-5-7-12)19(21)16(20(17)22)13-8-10-14(18)11-9-13/h3-11,16,21-22H,1-2H3/q+1. The van der Waals surface area contributed by atoms with E-state index >= 15 is 0 Å². The van der Waals surface area contributed by atoms with Crippen molar-refractivity contribution in [3.05, 3.63) is 71.5 Å². The maximum absolute atomic E-state index is 13.1. The van der Waals surface area contributed by atoms with Crippen molar-refractivity contribution in [2.75, 3.05) is 0 Å². The van der Waals surface area contributed by atoms with Crippen molar-refractivity contribution in [3.63, 3.8) is 0 Å². The Morgan fingerprint density at radius 3 is 2.23 bits per heavy atom. The lowest BCUT2D eigenvalue weighted by molar-refractivity contribution is -0.816. The minimum atomic E-state index is -0.796. The van der Waals surface area contributed by atoms with Gasteiger partial charge in [0.15, 0.2) is 0 Å². The molecule has 4 nitrogen and oxygen atoms in total. The molecule has 0 fully saturated rings. The minimum absolute atomic E-state index is 0.359. The van der Waals surface area contributed by atoms with Crippen LogP contribution in [0, 0.1) is 5.82 Å². The van der Waals surface area contributed by atoms with Gasteiger partial charge in [-0.2, -0.15) is 0 Å². The molecule has 1 unspecified atom stereocenters. The lowest BCUT2D eigenvalue weighted by Gasteiger charge is -2.24. The second-order valence-electron chi connectivity index (χ2n) is 5.89. The number of hydrogen-bond acceptors (Lipinski definition) is 3. The summed E-state index contributed by atoms with van der Waals surface area (Å²) in [5.74, 6) is -0.359. The molecule has 2 aromatic carbocycles. The van der Waals surface area contributed by atoms with E-state index in [4.69, 9.17) is 0 Å². The Morgan fingerprint density at radius 1 is 1.05 bits per heavy atom. The van der Waals surface area contributed by atoms with Gasteiger partial charge in [0.2, 0.25) is 0 Å². The molecule has 0 bridgehead atoms. The fourth-order valence-electron chi connectivity index (χ4n) is 2.92. The summed E-state index contributed by atoms with van der Waals surface area (Å²) in [5, 5.41) is 22.3. The molecule has 114 valence electrons. The molecule has 5 heteroatoms. The molecule has 2 aromatic rings. The quantitative estimate of drug-likeness (QED) is 0.661. The van der Waals surface area contributed by atoms with Crippen LogP contribution in [0.5, 0.6) is 0 Å². The smallest absolute Gasteiger partial charge is 0.305 e. The second kappa shape index (κ2) is 5.19. The lowest BCUT2D eigenvalue weighted by Crippen LogP contribution is -2.44. The molecule has 0 spiro atoms. The third-order valence-corrected chi connectivity index (χ3v) is 4.06. The zero-order chi connectivity index (χ0) is 15.9. The van der Waals surface area contributed by atoms with Crippen LogP contribution in [0.2, 0.25) is 0 Å². The summed E-state index contributed by atoms with van der Waals surface area (Å²) in [6.07, 6.45) is -0.786. The Labute approximate surface area is 128 Å². The Balaban J connectivity index is 2.13. The van der Waals surface area contributed by atoms with Gasteiger partial charge in [-0.15, -0.1) is 5.06 Å². The van der Waals surface area contributed by atoms with Crippen molar-refractivity contribution in [3.8, 4) is 0 Å². The third kappa shape index (κ3) is 2.19. The molecule has 1 atom stereocenters. The number of nitrogens with zero attached hydrogens (tertiary/aromatic N) is 2. The molecule has 1 aliphatic rings. The van der Waals surface area contributed by atoms with Crippen LogP contribution in [-0.4, -0.2) is 31.5 Å². The van der Waals surface area contributed by atoms with Gasteiger partial charge in [0.1, 0.15) is 11.4 Å². The maximum Gasteiger partial charge on any atom is 0.305 e. The van der Waals surface area contributed by atoms with E-state index in [1.165, 1.54) is 12.1 Å². The second-order valence-corrected chi connectivity index (χ2v) is 5.89. The van der Waals surface area contributed by atoms with Gasteiger partial charge in [0.25, 0.3) is 5.71 Å². The average Bonchev–Trinajstić information content (AvgIpc) is 2.67. The Hall–Kier alpha value is -2.24. The monoisotopic (exact) mass is 301 g/mol. The zero-order valence-electron chi connectivity index (χ0n) is 12.4. The van der Waals surface area contributed by atoms with Crippen LogP contribution < -0.4 is 0 Å². The van der Waals surface area contributed by atoms with Crippen LogP contribution in [0.15, 0.2) is 54.6 Å². The summed E-state index contributed by atoms with van der Waals surface area (Å²) in [5.41, 5.74) is 1.21. The predicted octanol–water partition coefficient (Wildman–Crippen LogP) is 3.20. The molecule has 3 rings (SSSR count). The summed E-state index contributed by atoms with van der Waals surface area (Å²) in [6.45, 7) is 3.64. The van der Waals surface area contributed by atoms with E-state index in [0.29, 0.717) is 11.3 Å². The third-order valence-electron chi connectivity index (χ3n) is 4.06. The van der Waals surface area contributed by atoms with Gasteiger partial charge in [0.05, 0.1) is 0 Å². The number of halogens is 1. The van der Waals surface area contributed by atoms with Gasteiger partial charge in [0, 0.05) is 15.9 Å². The van der Waals surface area contributed by atoms with Crippen molar-refractivity contribution in [2.24, 2.45) is 0 Å². The molecule has 22 heavy (non-hydrogen) atoms. The first kappa shape index (κ1) is 14.7. The Kier molecular flexibility index (Phi) is 3.47. The molecule has 1 heterocycles. The van der Waals surface area contributed by atoms with Gasteiger partial charge in [-0.05, 0) is 50.2 Å². The summed E-state index contributed by atoms with van der Waals surface area (Å²) in [6, 6.07) is 15.1. The molecule has 2 N–H and O–H groups in total. The molecule has 0 saturated carbocycles. The van der Waals surface area contributed by atoms with Gasteiger partial charge >= 0.3 is 6.17 Å². The molecule has 1 aliphatic heterocycles. The van der Waals surface area contributed by atoms with Crippen LogP contribution in [0.4, 0.5) is 4.39 Å². The topological polar surface area (TPSA) is 46.7 Å². The van der Waals surface area contributed by atoms with Gasteiger partial charge in [-0.3, -0.25) is 5.21 Å². The van der Waals surface area contributed by atoms with E-state index in [0.717, 1.165) is 15.4 Å². The Morgan fingerprint density at radius 2 is 1.64 bits per heavy atom. The summed E-state index contributed by atoms with van der Waals surface area (Å²) >= 11 is 0. The number of hydrogen-bond donors (Lipinski definition) is 2. The van der Waals surface area contributed by atoms with Crippen LogP contribution in [0.3, 0.4) is 0 Å². The molecular weight excluding hydrogens is 283 g/mol. The number of rotatable bonds is 2. The van der Waals surface area contributed by atoms with Gasteiger partial charge in [-0.1, -0.05) is 18.2 Å². The van der Waals surface area contributed by atoms with Crippen LogP contribution in [-0.2, 0) is 0 Å². The highest BCUT2D eigenvalue weighted by atomic mass is 19.1. The van der Waals surface area contributed by atoms with E-state index in [1.807, 2.05) is 44.2 Å². The maximum atomic E-state index is 13.1. The van der Waals surface area contributed by atoms with E-state index in [1.54, 1.807) is 12.1 Å². The number of benzene rings is 2. The summed E-state index contributed by atoms with van der Waals surface area (Å²) < 4.78 is 14.1. The molecule has 0 radical (unpaired) electrons. The predicted molar refractivity (Wildman–Crippen MR) is 79.4 cm³/mol. The minimum Gasteiger partial charge on any atom is -0.307 e. The fourth-order valence-corrected chi connectivity index (χ4v) is 2.92. The largest absolute Gasteiger partial charge is 0.307 e. The molecule has 0 aliphatic carbocycles. The lowest BCUT2D eigenvalue weighted by atomic mass is 9.93. The van der Waals surface area contributed by atoms with Crippen LogP contribution in [0.25, 0.3) is 0 Å². The first-order valence-corrected chi connectivity index (χ1v) is 7.07. The van der Waals surface area contributed by atoms with Crippen LogP contribution >= 0.6 is 0 Å². The molecular formula is C17H18FN2O2+. The van der Waals surface area contributed by atoms with E-state index in [-0.39, 0.29) is 5.82 Å². The van der Waals surface area contributed by atoms with Gasteiger partial charge in [-0.25, -0.2) is 4.39 Å². The highest BCUT2D eigenvalue weighted by Gasteiger charge is 2.55. The summed E-state index contributed by atoms with van der Waals surface area (Å²) in [7, 11) is 0. The Bertz CT molecular complexity index is 711. The molecule has 0 aromatic heterocycles. The SMILES string of the molecule is CC1(C)C(c2ccccc2)=[N+](O)C(c2ccc(F)cc2)N1O. The van der Waals surface area contributed by atoms with E-state index in [9.17, 15) is 14.8 Å². The highest BCUT2D eigenvalue weighted by molar-refractivity contribution is 6.03. The molecule has 0 amide bonds. The first-order valence-electron chi connectivity index (χ1n) is 7.07. The summed E-state index contributed by atoms with van der Waals surface area (Å²) in [4.78, 5) is 0.